The van der Waals surface area contributed by atoms with Crippen molar-refractivity contribution in [1.82, 2.24) is 10.9 Å². The molecule has 0 radical (unpaired) electrons. The molecule has 0 amide bonds. The highest BCUT2D eigenvalue weighted by atomic mass is 19.1. The molecule has 1 rings (SSSR count). The maximum Gasteiger partial charge on any atom is 0.165 e. The van der Waals surface area contributed by atoms with Crippen molar-refractivity contribution in [2.24, 2.45) is 0 Å². The summed E-state index contributed by atoms with van der Waals surface area (Å²) < 4.78 is 13.0. The number of hydrogen-bond donors (Lipinski definition) is 3. The van der Waals surface area contributed by atoms with Crippen LogP contribution in [0.3, 0.4) is 0 Å². The molecule has 1 aliphatic rings. The van der Waals surface area contributed by atoms with Gasteiger partial charge in [-0.2, -0.15) is 0 Å². The van der Waals surface area contributed by atoms with Crippen molar-refractivity contribution in [3.63, 3.8) is 0 Å². The fourth-order valence-corrected chi connectivity index (χ4v) is 1.71. The molecule has 0 atom stereocenters. The predicted octanol–water partition coefficient (Wildman–Crippen LogP) is 2.43. The molecular formula is C11H18FN3. The van der Waals surface area contributed by atoms with Crippen molar-refractivity contribution >= 4 is 6.21 Å². The van der Waals surface area contributed by atoms with Gasteiger partial charge in [-0.25, -0.2) is 9.82 Å². The lowest BCUT2D eigenvalue weighted by molar-refractivity contribution is 0.350. The molecule has 84 valence electrons. The van der Waals surface area contributed by atoms with Crippen molar-refractivity contribution < 1.29 is 4.39 Å². The van der Waals surface area contributed by atoms with Gasteiger partial charge in [-0.05, 0) is 18.9 Å². The minimum Gasteiger partial charge on any atom is -0.319 e. The molecule has 15 heavy (non-hydrogen) atoms. The summed E-state index contributed by atoms with van der Waals surface area (Å²) in [5.41, 5.74) is 6.07. The van der Waals surface area contributed by atoms with Crippen molar-refractivity contribution in [2.75, 3.05) is 0 Å². The summed E-state index contributed by atoms with van der Waals surface area (Å²) in [4.78, 5) is 0. The molecule has 0 aromatic heterocycles. The Kier molecular flexibility index (Phi) is 5.04. The van der Waals surface area contributed by atoms with E-state index in [2.05, 4.69) is 17.4 Å². The lowest BCUT2D eigenvalue weighted by Gasteiger charge is -2.23. The Hall–Kier alpha value is -1.16. The predicted molar refractivity (Wildman–Crippen MR) is 60.3 cm³/mol. The molecule has 3 nitrogen and oxygen atoms in total. The fraction of sp³-hybridized carbons (Fsp3) is 0.545. The van der Waals surface area contributed by atoms with Gasteiger partial charge in [0.05, 0.1) is 11.9 Å². The minimum atomic E-state index is -0.603. The zero-order valence-electron chi connectivity index (χ0n) is 8.85. The highest BCUT2D eigenvalue weighted by Gasteiger charge is 2.12. The first-order chi connectivity index (χ1) is 7.27. The molecule has 0 unspecified atom stereocenters. The van der Waals surface area contributed by atoms with E-state index in [1.165, 1.54) is 25.3 Å². The summed E-state index contributed by atoms with van der Waals surface area (Å²) >= 11 is 0. The van der Waals surface area contributed by atoms with Crippen LogP contribution in [0.5, 0.6) is 0 Å². The number of halogens is 1. The van der Waals surface area contributed by atoms with E-state index in [0.717, 1.165) is 12.8 Å². The molecule has 1 aliphatic carbocycles. The minimum absolute atomic E-state index is 0.232. The zero-order chi connectivity index (χ0) is 11.1. The van der Waals surface area contributed by atoms with Crippen molar-refractivity contribution in [3.8, 4) is 0 Å². The van der Waals surface area contributed by atoms with Gasteiger partial charge in [0, 0.05) is 6.04 Å². The lowest BCUT2D eigenvalue weighted by Crippen LogP contribution is -2.41. The summed E-state index contributed by atoms with van der Waals surface area (Å²) in [6, 6.07) is 0.396. The van der Waals surface area contributed by atoms with Crippen LogP contribution in [0.4, 0.5) is 4.39 Å². The molecule has 0 spiro atoms. The molecule has 3 N–H and O–H groups in total. The third-order valence-electron chi connectivity index (χ3n) is 2.60. The molecule has 4 heteroatoms. The third kappa shape index (κ3) is 3.83. The average molecular weight is 211 g/mol. The number of allylic oxidation sites excluding steroid dienone is 2. The van der Waals surface area contributed by atoms with Gasteiger partial charge in [0.25, 0.3) is 0 Å². The smallest absolute Gasteiger partial charge is 0.165 e. The highest BCUT2D eigenvalue weighted by molar-refractivity contribution is 5.74. The maximum atomic E-state index is 13.0. The second-order valence-electron chi connectivity index (χ2n) is 3.71. The van der Waals surface area contributed by atoms with Crippen LogP contribution in [-0.2, 0) is 0 Å². The largest absolute Gasteiger partial charge is 0.319 e. The molecule has 1 fully saturated rings. The lowest BCUT2D eigenvalue weighted by atomic mass is 9.96. The number of hydrogen-bond acceptors (Lipinski definition) is 3. The molecular weight excluding hydrogens is 193 g/mol. The van der Waals surface area contributed by atoms with E-state index >= 15 is 0 Å². The quantitative estimate of drug-likeness (QED) is 0.371. The Balaban J connectivity index is 2.39. The third-order valence-corrected chi connectivity index (χ3v) is 2.60. The first-order valence-corrected chi connectivity index (χ1v) is 5.32. The zero-order valence-corrected chi connectivity index (χ0v) is 8.85. The Morgan fingerprint density at radius 2 is 2.00 bits per heavy atom. The number of hydrazine groups is 1. The van der Waals surface area contributed by atoms with E-state index < -0.39 is 5.83 Å². The van der Waals surface area contributed by atoms with Crippen molar-refractivity contribution in [1.29, 1.82) is 5.41 Å². The molecule has 0 heterocycles. The van der Waals surface area contributed by atoms with Crippen LogP contribution in [0.2, 0.25) is 0 Å². The fourth-order valence-electron chi connectivity index (χ4n) is 1.71. The normalized spacial score (nSPS) is 19.3. The summed E-state index contributed by atoms with van der Waals surface area (Å²) in [6.07, 6.45) is 8.01. The number of rotatable bonds is 5. The molecule has 0 saturated heterocycles. The Bertz CT molecular complexity index is 255. The van der Waals surface area contributed by atoms with Gasteiger partial charge in [0.2, 0.25) is 0 Å². The van der Waals surface area contributed by atoms with Gasteiger partial charge in [0.1, 0.15) is 0 Å². The SMILES string of the molecule is C=C/C(NNC1CCCCC1)=C(/F)C=N. The first-order valence-electron chi connectivity index (χ1n) is 5.32. The molecule has 0 aliphatic heterocycles. The van der Waals surface area contributed by atoms with Crippen molar-refractivity contribution in [2.45, 2.75) is 38.1 Å². The highest BCUT2D eigenvalue weighted by Crippen LogP contribution is 2.16. The molecule has 0 aromatic rings. The average Bonchev–Trinajstić information content (AvgIpc) is 2.31. The van der Waals surface area contributed by atoms with Crippen molar-refractivity contribution in [3.05, 3.63) is 24.2 Å². The maximum absolute atomic E-state index is 13.0. The van der Waals surface area contributed by atoms with Crippen LogP contribution in [0.1, 0.15) is 32.1 Å². The van der Waals surface area contributed by atoms with Gasteiger partial charge in [-0.15, -0.1) is 0 Å². The van der Waals surface area contributed by atoms with Crippen LogP contribution in [-0.4, -0.2) is 12.3 Å². The summed E-state index contributed by atoms with van der Waals surface area (Å²) in [6.45, 7) is 3.49. The van der Waals surface area contributed by atoms with E-state index in [-0.39, 0.29) is 5.70 Å². The summed E-state index contributed by atoms with van der Waals surface area (Å²) in [7, 11) is 0. The number of nitrogens with one attached hydrogen (secondary N) is 3. The first kappa shape index (κ1) is 11.9. The van der Waals surface area contributed by atoms with Crippen LogP contribution < -0.4 is 10.9 Å². The van der Waals surface area contributed by atoms with E-state index in [1.807, 2.05) is 0 Å². The molecule has 1 saturated carbocycles. The van der Waals surface area contributed by atoms with E-state index in [1.54, 1.807) is 0 Å². The summed E-state index contributed by atoms with van der Waals surface area (Å²) in [5.74, 6) is -0.603. The second kappa shape index (κ2) is 6.35. The monoisotopic (exact) mass is 211 g/mol. The Labute approximate surface area is 89.9 Å². The Morgan fingerprint density at radius 3 is 2.53 bits per heavy atom. The van der Waals surface area contributed by atoms with Gasteiger partial charge in [-0.1, -0.05) is 25.8 Å². The topological polar surface area (TPSA) is 47.9 Å². The van der Waals surface area contributed by atoms with Gasteiger partial charge >= 0.3 is 0 Å². The van der Waals surface area contributed by atoms with E-state index in [9.17, 15) is 4.39 Å². The van der Waals surface area contributed by atoms with Gasteiger partial charge in [0.15, 0.2) is 5.83 Å². The van der Waals surface area contributed by atoms with Crippen LogP contribution in [0.15, 0.2) is 24.2 Å². The van der Waals surface area contributed by atoms with E-state index in [0.29, 0.717) is 12.3 Å². The van der Waals surface area contributed by atoms with E-state index in [4.69, 9.17) is 5.41 Å². The van der Waals surface area contributed by atoms with Crippen LogP contribution >= 0.6 is 0 Å². The standard InChI is InChI=1S/C11H18FN3/c1-2-11(10(12)8-13)15-14-9-6-4-3-5-7-9/h2,8-9,13-15H,1,3-7H2/b11-10-,13-8?. The van der Waals surface area contributed by atoms with Crippen LogP contribution in [0.25, 0.3) is 0 Å². The van der Waals surface area contributed by atoms with Gasteiger partial charge in [-0.3, -0.25) is 0 Å². The Morgan fingerprint density at radius 1 is 1.33 bits per heavy atom. The van der Waals surface area contributed by atoms with Gasteiger partial charge < -0.3 is 10.8 Å². The second-order valence-corrected chi connectivity index (χ2v) is 3.71. The molecule has 0 bridgehead atoms. The molecule has 0 aromatic carbocycles. The van der Waals surface area contributed by atoms with Crippen LogP contribution in [0, 0.1) is 5.41 Å². The summed E-state index contributed by atoms with van der Waals surface area (Å²) in [5, 5.41) is 6.79.